The number of rotatable bonds is 2. The van der Waals surface area contributed by atoms with Crippen molar-refractivity contribution in [2.24, 2.45) is 0 Å². The molecule has 4 nitrogen and oxygen atoms in total. The van der Waals surface area contributed by atoms with Gasteiger partial charge in [0, 0.05) is 10.7 Å². The zero-order valence-corrected chi connectivity index (χ0v) is 8.94. The molecule has 0 aromatic heterocycles. The van der Waals surface area contributed by atoms with Crippen molar-refractivity contribution >= 4 is 25.8 Å². The van der Waals surface area contributed by atoms with Crippen LogP contribution >= 0.6 is 10.7 Å². The Morgan fingerprint density at radius 3 is 2.31 bits per heavy atom. The van der Waals surface area contributed by atoms with E-state index in [2.05, 4.69) is 6.58 Å². The lowest BCUT2D eigenvalue weighted by atomic mass is 9.83. The molecule has 1 heterocycles. The highest BCUT2D eigenvalue weighted by Crippen LogP contribution is 2.40. The van der Waals surface area contributed by atoms with Gasteiger partial charge < -0.3 is 0 Å². The van der Waals surface area contributed by atoms with Crippen LogP contribution in [-0.2, 0) is 14.0 Å². The van der Waals surface area contributed by atoms with Crippen molar-refractivity contribution in [3.8, 4) is 0 Å². The number of hydrogen-bond donors (Lipinski definition) is 0. The van der Waals surface area contributed by atoms with Crippen molar-refractivity contribution in [3.05, 3.63) is 12.2 Å². The quantitative estimate of drug-likeness (QED) is 0.399. The first-order valence-corrected chi connectivity index (χ1v) is 5.90. The van der Waals surface area contributed by atoms with E-state index in [0.717, 1.165) is 0 Å². The van der Waals surface area contributed by atoms with Crippen LogP contribution in [0.4, 0.5) is 0 Å². The van der Waals surface area contributed by atoms with E-state index >= 15 is 0 Å². The van der Waals surface area contributed by atoms with E-state index in [9.17, 15) is 13.2 Å². The maximum atomic E-state index is 11.0. The summed E-state index contributed by atoms with van der Waals surface area (Å²) in [7, 11) is 1.12. The lowest BCUT2D eigenvalue weighted by Gasteiger charge is -2.47. The summed E-state index contributed by atoms with van der Waals surface area (Å²) in [6, 6.07) is 0. The normalized spacial score (nSPS) is 28.5. The Morgan fingerprint density at radius 1 is 1.69 bits per heavy atom. The maximum Gasteiger partial charge on any atom is 0.324 e. The third-order valence-corrected chi connectivity index (χ3v) is 3.76. The second kappa shape index (κ2) is 2.72. The highest BCUT2D eigenvalue weighted by atomic mass is 35.7. The Kier molecular flexibility index (Phi) is 2.20. The van der Waals surface area contributed by atoms with Crippen molar-refractivity contribution in [2.75, 3.05) is 0 Å². The molecule has 0 aromatic rings. The van der Waals surface area contributed by atoms with Crippen molar-refractivity contribution < 1.29 is 13.2 Å². The summed E-state index contributed by atoms with van der Waals surface area (Å²) in [4.78, 5) is 11.0. The maximum absolute atomic E-state index is 11.0. The summed E-state index contributed by atoms with van der Waals surface area (Å²) in [6.07, 6.45) is 0.147. The first-order chi connectivity index (χ1) is 5.69. The molecule has 0 aromatic carbocycles. The molecule has 0 unspecified atom stereocenters. The third kappa shape index (κ3) is 1.46. The van der Waals surface area contributed by atoms with E-state index in [1.165, 1.54) is 0 Å². The fourth-order valence-corrected chi connectivity index (χ4v) is 3.01. The molecule has 0 aliphatic carbocycles. The van der Waals surface area contributed by atoms with Gasteiger partial charge in [-0.1, -0.05) is 12.2 Å². The van der Waals surface area contributed by atoms with E-state index in [1.54, 1.807) is 13.8 Å². The molecule has 1 amide bonds. The fraction of sp³-hybridized carbons (Fsp3) is 0.571. The second-order valence-electron chi connectivity index (χ2n) is 3.33. The molecule has 6 heteroatoms. The van der Waals surface area contributed by atoms with Crippen LogP contribution in [0.3, 0.4) is 0 Å². The van der Waals surface area contributed by atoms with Gasteiger partial charge in [-0.05, 0) is 13.8 Å². The van der Waals surface area contributed by atoms with E-state index < -0.39 is 20.7 Å². The minimum Gasteiger partial charge on any atom is -0.274 e. The van der Waals surface area contributed by atoms with Gasteiger partial charge in [-0.3, -0.25) is 4.79 Å². The molecule has 1 rings (SSSR count). The third-order valence-electron chi connectivity index (χ3n) is 2.31. The monoisotopic (exact) mass is 223 g/mol. The van der Waals surface area contributed by atoms with Crippen LogP contribution in [0.15, 0.2) is 12.2 Å². The number of carbonyl (C=O) groups is 1. The molecule has 74 valence electrons. The van der Waals surface area contributed by atoms with E-state index in [0.29, 0.717) is 9.88 Å². The summed E-state index contributed by atoms with van der Waals surface area (Å²) in [5, 5.41) is 0. The van der Waals surface area contributed by atoms with Gasteiger partial charge in [0.2, 0.25) is 5.91 Å². The summed E-state index contributed by atoms with van der Waals surface area (Å²) < 4.78 is 22.6. The second-order valence-corrected chi connectivity index (χ2v) is 5.69. The fourth-order valence-electron chi connectivity index (χ4n) is 1.31. The SMILES string of the molecule is C=C(C)[C@]1(C)CC(=O)N1S(=O)(=O)Cl. The van der Waals surface area contributed by atoms with Crippen molar-refractivity contribution in [1.29, 1.82) is 0 Å². The minimum atomic E-state index is -3.97. The number of amides is 1. The largest absolute Gasteiger partial charge is 0.324 e. The van der Waals surface area contributed by atoms with Crippen LogP contribution in [0.1, 0.15) is 20.3 Å². The zero-order chi connectivity index (χ0) is 10.4. The first-order valence-electron chi connectivity index (χ1n) is 3.63. The average Bonchev–Trinajstić information content (AvgIpc) is 1.80. The molecule has 0 spiro atoms. The molecular weight excluding hydrogens is 214 g/mol. The molecule has 13 heavy (non-hydrogen) atoms. The predicted octanol–water partition coefficient (Wildman–Crippen LogP) is 1.04. The predicted molar refractivity (Wildman–Crippen MR) is 49.5 cm³/mol. The van der Waals surface area contributed by atoms with Gasteiger partial charge >= 0.3 is 9.24 Å². The molecule has 1 fully saturated rings. The molecule has 1 saturated heterocycles. The van der Waals surface area contributed by atoms with Crippen LogP contribution in [0.5, 0.6) is 0 Å². The van der Waals surface area contributed by atoms with E-state index in [4.69, 9.17) is 10.7 Å². The minimum absolute atomic E-state index is 0.147. The lowest BCUT2D eigenvalue weighted by molar-refractivity contribution is -0.141. The Hall–Kier alpha value is -0.550. The number of hydrogen-bond acceptors (Lipinski definition) is 3. The van der Waals surface area contributed by atoms with Crippen molar-refractivity contribution in [3.63, 3.8) is 0 Å². The van der Waals surface area contributed by atoms with Crippen LogP contribution in [0.2, 0.25) is 0 Å². The van der Waals surface area contributed by atoms with E-state index in [-0.39, 0.29) is 6.42 Å². The molecular formula is C7H10ClNO3S. The number of halogens is 1. The van der Waals surface area contributed by atoms with Crippen LogP contribution < -0.4 is 0 Å². The topological polar surface area (TPSA) is 54.5 Å². The highest BCUT2D eigenvalue weighted by molar-refractivity contribution is 8.12. The first kappa shape index (κ1) is 10.5. The summed E-state index contributed by atoms with van der Waals surface area (Å²) in [5.41, 5.74) is -0.228. The van der Waals surface area contributed by atoms with Crippen molar-refractivity contribution in [1.82, 2.24) is 4.31 Å². The smallest absolute Gasteiger partial charge is 0.274 e. The molecule has 0 saturated carbocycles. The van der Waals surface area contributed by atoms with Gasteiger partial charge in [-0.15, -0.1) is 0 Å². The zero-order valence-electron chi connectivity index (χ0n) is 7.37. The summed E-state index contributed by atoms with van der Waals surface area (Å²) in [5.74, 6) is -0.486. The van der Waals surface area contributed by atoms with E-state index in [1.807, 2.05) is 0 Å². The van der Waals surface area contributed by atoms with Crippen LogP contribution in [0, 0.1) is 0 Å². The average molecular weight is 224 g/mol. The van der Waals surface area contributed by atoms with Gasteiger partial charge in [-0.2, -0.15) is 8.42 Å². The van der Waals surface area contributed by atoms with Gasteiger partial charge in [0.05, 0.1) is 12.0 Å². The molecule has 1 atom stereocenters. The Bertz CT molecular complexity index is 375. The van der Waals surface area contributed by atoms with Crippen LogP contribution in [0.25, 0.3) is 0 Å². The number of β-lactam (4-membered cyclic amide) rings is 1. The Morgan fingerprint density at radius 2 is 2.15 bits per heavy atom. The standard InChI is InChI=1S/C7H10ClNO3S/c1-5(2)7(3)4-6(10)9(7)13(8,11)12/h1,4H2,2-3H3/t7-/m0/s1. The number of carbonyl (C=O) groups excluding carboxylic acids is 1. The number of nitrogens with zero attached hydrogens (tertiary/aromatic N) is 1. The van der Waals surface area contributed by atoms with Gasteiger partial charge in [-0.25, -0.2) is 4.31 Å². The van der Waals surface area contributed by atoms with Crippen LogP contribution in [-0.4, -0.2) is 24.2 Å². The Labute approximate surface area is 81.7 Å². The summed E-state index contributed by atoms with van der Waals surface area (Å²) >= 11 is 0. The molecule has 1 aliphatic rings. The summed E-state index contributed by atoms with van der Waals surface area (Å²) in [6.45, 7) is 6.92. The lowest BCUT2D eigenvalue weighted by Crippen LogP contribution is -2.63. The van der Waals surface area contributed by atoms with Gasteiger partial charge in [0.15, 0.2) is 0 Å². The van der Waals surface area contributed by atoms with Crippen molar-refractivity contribution in [2.45, 2.75) is 25.8 Å². The molecule has 1 aliphatic heterocycles. The Balaban J connectivity index is 3.11. The van der Waals surface area contributed by atoms with Gasteiger partial charge in [0.25, 0.3) is 0 Å². The molecule has 0 radical (unpaired) electrons. The molecule has 0 N–H and O–H groups in total. The highest BCUT2D eigenvalue weighted by Gasteiger charge is 2.53. The molecule has 0 bridgehead atoms. The van der Waals surface area contributed by atoms with Gasteiger partial charge in [0.1, 0.15) is 0 Å².